The summed E-state index contributed by atoms with van der Waals surface area (Å²) in [5, 5.41) is 29.9. The highest BCUT2D eigenvalue weighted by molar-refractivity contribution is 6.05. The number of nitrogens with one attached hydrogen (secondary N) is 2. The van der Waals surface area contributed by atoms with Gasteiger partial charge in [0.15, 0.2) is 12.2 Å². The van der Waals surface area contributed by atoms with Crippen LogP contribution in [0.5, 0.6) is 11.5 Å². The highest BCUT2D eigenvalue weighted by atomic mass is 19.3. The van der Waals surface area contributed by atoms with Crippen LogP contribution in [0.3, 0.4) is 0 Å². The molecule has 0 radical (unpaired) electrons. The van der Waals surface area contributed by atoms with Crippen molar-refractivity contribution in [1.82, 2.24) is 0 Å². The molecule has 32 heavy (non-hydrogen) atoms. The second-order valence-corrected chi connectivity index (χ2v) is 6.71. The van der Waals surface area contributed by atoms with Crippen LogP contribution in [0.1, 0.15) is 5.56 Å². The largest absolute Gasteiger partial charge is 0.507 e. The predicted molar refractivity (Wildman–Crippen MR) is 109 cm³/mol. The van der Waals surface area contributed by atoms with Crippen LogP contribution in [0.15, 0.2) is 42.5 Å². The third kappa shape index (κ3) is 4.92. The van der Waals surface area contributed by atoms with Gasteiger partial charge < -0.3 is 35.6 Å². The number of carbonyl (C=O) groups is 2. The molecule has 0 bridgehead atoms. The van der Waals surface area contributed by atoms with Crippen molar-refractivity contribution in [3.8, 4) is 11.5 Å². The molecule has 2 aromatic carbocycles. The number of halogens is 2. The maximum atomic E-state index is 12.9. The average Bonchev–Trinajstić information content (AvgIpc) is 2.73. The van der Waals surface area contributed by atoms with Crippen LogP contribution in [0.2, 0.25) is 0 Å². The van der Waals surface area contributed by atoms with E-state index < -0.39 is 30.6 Å². The van der Waals surface area contributed by atoms with Gasteiger partial charge in [-0.05, 0) is 24.3 Å². The summed E-state index contributed by atoms with van der Waals surface area (Å²) in [5.41, 5.74) is 5.48. The number of aliphatic hydroxyl groups is 1. The molecule has 1 aliphatic rings. The number of alkyl halides is 2. The van der Waals surface area contributed by atoms with E-state index in [0.29, 0.717) is 0 Å². The lowest BCUT2D eigenvalue weighted by Crippen LogP contribution is -2.55. The summed E-state index contributed by atoms with van der Waals surface area (Å²) in [7, 11) is 0. The van der Waals surface area contributed by atoms with Crippen molar-refractivity contribution < 1.29 is 38.1 Å². The molecule has 10 nitrogen and oxygen atoms in total. The molecule has 3 rings (SSSR count). The van der Waals surface area contributed by atoms with Crippen LogP contribution in [0.4, 0.5) is 20.2 Å². The van der Waals surface area contributed by atoms with E-state index >= 15 is 0 Å². The van der Waals surface area contributed by atoms with E-state index in [1.54, 1.807) is 0 Å². The number of para-hydroxylation sites is 2. The number of anilines is 2. The van der Waals surface area contributed by atoms with Gasteiger partial charge in [-0.1, -0.05) is 12.1 Å². The van der Waals surface area contributed by atoms with Crippen LogP contribution < -0.4 is 20.7 Å². The molecule has 1 fully saturated rings. The lowest BCUT2D eigenvalue weighted by molar-refractivity contribution is -0.150. The Bertz CT molecular complexity index is 1030. The van der Waals surface area contributed by atoms with Crippen LogP contribution >= 0.6 is 0 Å². The summed E-state index contributed by atoms with van der Waals surface area (Å²) in [4.78, 5) is 26.4. The number of nitrogens with two attached hydrogens (primary N) is 1. The van der Waals surface area contributed by atoms with E-state index in [-0.39, 0.29) is 47.4 Å². The zero-order chi connectivity index (χ0) is 23.4. The zero-order valence-corrected chi connectivity index (χ0v) is 16.5. The number of amides is 2. The van der Waals surface area contributed by atoms with Crippen molar-refractivity contribution in [3.05, 3.63) is 48.0 Å². The number of ether oxygens (including phenoxy) is 2. The second-order valence-electron chi connectivity index (χ2n) is 6.71. The smallest absolute Gasteiger partial charge is 0.387 e. The molecule has 2 aromatic rings. The van der Waals surface area contributed by atoms with E-state index in [1.165, 1.54) is 36.4 Å². The molecule has 0 saturated carbocycles. The first kappa shape index (κ1) is 22.9. The number of rotatable bonds is 7. The predicted octanol–water partition coefficient (Wildman–Crippen LogP) is 1.01. The number of aliphatic hydroxyl groups excluding tert-OH is 1. The summed E-state index contributed by atoms with van der Waals surface area (Å²) < 4.78 is 35.1. The number of nitrogens with zero attached hydrogens (tertiary/aromatic N) is 1. The van der Waals surface area contributed by atoms with Crippen molar-refractivity contribution in [2.45, 2.75) is 18.8 Å². The minimum absolute atomic E-state index is 0.00629. The van der Waals surface area contributed by atoms with Crippen molar-refractivity contribution in [1.29, 1.82) is 5.41 Å². The van der Waals surface area contributed by atoms with Crippen molar-refractivity contribution in [3.63, 3.8) is 0 Å². The maximum Gasteiger partial charge on any atom is 0.387 e. The molecule has 0 spiro atoms. The topological polar surface area (TPSA) is 158 Å². The monoisotopic (exact) mass is 450 g/mol. The first-order valence-electron chi connectivity index (χ1n) is 9.32. The van der Waals surface area contributed by atoms with Gasteiger partial charge in [0, 0.05) is 18.3 Å². The van der Waals surface area contributed by atoms with Gasteiger partial charge in [-0.15, -0.1) is 0 Å². The molecule has 1 aliphatic heterocycles. The number of morpholine rings is 1. The fourth-order valence-corrected chi connectivity index (χ4v) is 3.14. The molecule has 2 amide bonds. The van der Waals surface area contributed by atoms with Gasteiger partial charge in [0.2, 0.25) is 0 Å². The quantitative estimate of drug-likeness (QED) is 0.311. The second kappa shape index (κ2) is 9.58. The summed E-state index contributed by atoms with van der Waals surface area (Å²) in [5.74, 6) is -2.80. The molecule has 6 N–H and O–H groups in total. The molecule has 12 heteroatoms. The molecule has 1 saturated heterocycles. The van der Waals surface area contributed by atoms with Gasteiger partial charge in [0.05, 0.1) is 17.9 Å². The Hall–Kier alpha value is -3.77. The Morgan fingerprint density at radius 2 is 2.03 bits per heavy atom. The third-order valence-corrected chi connectivity index (χ3v) is 4.60. The minimum Gasteiger partial charge on any atom is -0.507 e. The Morgan fingerprint density at radius 1 is 1.31 bits per heavy atom. The van der Waals surface area contributed by atoms with Crippen molar-refractivity contribution in [2.75, 3.05) is 23.4 Å². The normalized spacial score (nSPS) is 17.2. The number of hydrogen-bond donors (Lipinski definition) is 5. The molecule has 170 valence electrons. The highest BCUT2D eigenvalue weighted by Crippen LogP contribution is 2.31. The number of hydrogen-bond acceptors (Lipinski definition) is 7. The highest BCUT2D eigenvalue weighted by Gasteiger charge is 2.40. The van der Waals surface area contributed by atoms with Gasteiger partial charge in [-0.25, -0.2) is 0 Å². The zero-order valence-electron chi connectivity index (χ0n) is 16.5. The fraction of sp³-hybridized carbons (Fsp3) is 0.250. The van der Waals surface area contributed by atoms with E-state index in [4.69, 9.17) is 15.9 Å². The SMILES string of the molecule is N=C(N)c1ccc(NC(=O)[C@H](O)[C@H]2OCCN(c3ccccc3OC(F)F)C2=O)cc1O. The Balaban J connectivity index is 1.75. The van der Waals surface area contributed by atoms with Gasteiger partial charge in [0.1, 0.15) is 17.3 Å². The maximum absolute atomic E-state index is 12.9. The molecule has 2 atom stereocenters. The van der Waals surface area contributed by atoms with Gasteiger partial charge >= 0.3 is 6.61 Å². The van der Waals surface area contributed by atoms with Gasteiger partial charge in [0.25, 0.3) is 11.8 Å². The van der Waals surface area contributed by atoms with Gasteiger partial charge in [-0.2, -0.15) is 8.78 Å². The van der Waals surface area contributed by atoms with E-state index in [9.17, 15) is 28.6 Å². The number of benzene rings is 2. The van der Waals surface area contributed by atoms with E-state index in [1.807, 2.05) is 0 Å². The lowest BCUT2D eigenvalue weighted by Gasteiger charge is -2.34. The minimum atomic E-state index is -3.11. The first-order chi connectivity index (χ1) is 15.2. The summed E-state index contributed by atoms with van der Waals surface area (Å²) >= 11 is 0. The number of carbonyl (C=O) groups excluding carboxylic acids is 2. The van der Waals surface area contributed by atoms with Crippen molar-refractivity contribution >= 4 is 29.0 Å². The lowest BCUT2D eigenvalue weighted by atomic mass is 10.1. The van der Waals surface area contributed by atoms with Gasteiger partial charge in [-0.3, -0.25) is 15.0 Å². The molecular weight excluding hydrogens is 430 g/mol. The molecule has 0 unspecified atom stereocenters. The van der Waals surface area contributed by atoms with Crippen molar-refractivity contribution in [2.24, 2.45) is 5.73 Å². The fourth-order valence-electron chi connectivity index (χ4n) is 3.14. The summed E-state index contributed by atoms with van der Waals surface area (Å²) in [6.45, 7) is -3.18. The number of aromatic hydroxyl groups is 1. The average molecular weight is 450 g/mol. The number of nitrogen functional groups attached to an aromatic ring is 1. The number of amidine groups is 1. The third-order valence-electron chi connectivity index (χ3n) is 4.60. The van der Waals surface area contributed by atoms with Crippen LogP contribution in [-0.2, 0) is 14.3 Å². The van der Waals surface area contributed by atoms with Crippen LogP contribution in [-0.4, -0.2) is 59.8 Å². The molecule has 1 heterocycles. The summed E-state index contributed by atoms with van der Waals surface area (Å²) in [6.07, 6.45) is -3.54. The molecule has 0 aliphatic carbocycles. The number of phenolic OH excluding ortho intramolecular Hbond substituents is 1. The standard InChI is InChI=1S/C20H20F2N4O6/c21-20(22)32-14-4-2-1-3-12(14)26-7-8-31-16(19(26)30)15(28)18(29)25-10-5-6-11(17(23)24)13(27)9-10/h1-6,9,15-16,20,27-28H,7-8H2,(H3,23,24)(H,25,29)/t15-,16-/m1/s1. The number of phenols is 1. The van der Waals surface area contributed by atoms with E-state index in [2.05, 4.69) is 10.1 Å². The van der Waals surface area contributed by atoms with Crippen LogP contribution in [0, 0.1) is 5.41 Å². The molecular formula is C20H20F2N4O6. The Kier molecular flexibility index (Phi) is 6.85. The molecule has 0 aromatic heterocycles. The van der Waals surface area contributed by atoms with Crippen LogP contribution in [0.25, 0.3) is 0 Å². The Morgan fingerprint density at radius 3 is 2.69 bits per heavy atom. The van der Waals surface area contributed by atoms with E-state index in [0.717, 1.165) is 11.0 Å². The summed E-state index contributed by atoms with van der Waals surface area (Å²) in [6, 6.07) is 9.39. The Labute approximate surface area is 180 Å². The first-order valence-corrected chi connectivity index (χ1v) is 9.32.